The van der Waals surface area contributed by atoms with Gasteiger partial charge in [0.2, 0.25) is 0 Å². The first kappa shape index (κ1) is 13.8. The number of aryl methyl sites for hydroxylation is 2. The summed E-state index contributed by atoms with van der Waals surface area (Å²) in [7, 11) is 2.06. The minimum Gasteiger partial charge on any atom is -0.361 e. The summed E-state index contributed by atoms with van der Waals surface area (Å²) in [6.07, 6.45) is 0. The molecule has 1 unspecified atom stereocenters. The molecule has 2 N–H and O–H groups in total. The number of hydrogen-bond acceptors (Lipinski definition) is 4. The van der Waals surface area contributed by atoms with E-state index >= 15 is 0 Å². The Labute approximate surface area is 114 Å². The van der Waals surface area contributed by atoms with Gasteiger partial charge in [-0.1, -0.05) is 29.4 Å². The molecule has 0 aliphatic carbocycles. The fraction of sp³-hybridized carbons (Fsp3) is 0.400. The van der Waals surface area contributed by atoms with Crippen molar-refractivity contribution in [1.29, 1.82) is 0 Å². The van der Waals surface area contributed by atoms with Crippen LogP contribution in [-0.4, -0.2) is 23.6 Å². The molecule has 0 fully saturated rings. The summed E-state index contributed by atoms with van der Waals surface area (Å²) in [6, 6.07) is 10.5. The van der Waals surface area contributed by atoms with Gasteiger partial charge < -0.3 is 10.3 Å². The maximum atomic E-state index is 5.95. The van der Waals surface area contributed by atoms with Gasteiger partial charge >= 0.3 is 0 Å². The van der Waals surface area contributed by atoms with Crippen LogP contribution >= 0.6 is 0 Å². The fourth-order valence-electron chi connectivity index (χ4n) is 2.36. The van der Waals surface area contributed by atoms with Gasteiger partial charge in [0.05, 0.1) is 5.69 Å². The van der Waals surface area contributed by atoms with Gasteiger partial charge in [0.1, 0.15) is 5.76 Å². The lowest BCUT2D eigenvalue weighted by molar-refractivity contribution is 0.233. The maximum Gasteiger partial charge on any atom is 0.133 e. The highest BCUT2D eigenvalue weighted by atomic mass is 16.5. The summed E-state index contributed by atoms with van der Waals surface area (Å²) in [6.45, 7) is 5.33. The number of nitrogens with zero attached hydrogens (tertiary/aromatic N) is 2. The number of aromatic nitrogens is 1. The highest BCUT2D eigenvalue weighted by Gasteiger charge is 2.18. The molecule has 0 aliphatic heterocycles. The van der Waals surface area contributed by atoms with E-state index in [1.807, 2.05) is 19.1 Å². The third kappa shape index (κ3) is 3.22. The zero-order valence-electron chi connectivity index (χ0n) is 11.8. The summed E-state index contributed by atoms with van der Waals surface area (Å²) in [5, 5.41) is 4.03. The van der Waals surface area contributed by atoms with Crippen LogP contribution in [0.25, 0.3) is 0 Å². The number of nitrogens with two attached hydrogens (primary N) is 1. The van der Waals surface area contributed by atoms with Gasteiger partial charge in [0.15, 0.2) is 0 Å². The predicted molar refractivity (Wildman–Crippen MR) is 75.7 cm³/mol. The van der Waals surface area contributed by atoms with E-state index in [0.717, 1.165) is 18.0 Å². The SMILES string of the molecule is Cc1cc(CN(C)C(CN)c2ccccc2C)no1. The minimum absolute atomic E-state index is 0.193. The number of benzene rings is 1. The van der Waals surface area contributed by atoms with Crippen molar-refractivity contribution in [2.75, 3.05) is 13.6 Å². The Morgan fingerprint density at radius 2 is 2.05 bits per heavy atom. The van der Waals surface area contributed by atoms with Crippen LogP contribution in [0.5, 0.6) is 0 Å². The molecule has 19 heavy (non-hydrogen) atoms. The molecule has 2 aromatic rings. The van der Waals surface area contributed by atoms with Crippen molar-refractivity contribution in [2.45, 2.75) is 26.4 Å². The average molecular weight is 259 g/mol. The van der Waals surface area contributed by atoms with E-state index in [0.29, 0.717) is 6.54 Å². The predicted octanol–water partition coefficient (Wildman–Crippen LogP) is 2.42. The molecule has 0 saturated heterocycles. The third-order valence-electron chi connectivity index (χ3n) is 3.39. The van der Waals surface area contributed by atoms with E-state index in [9.17, 15) is 0 Å². The van der Waals surface area contributed by atoms with Crippen molar-refractivity contribution >= 4 is 0 Å². The fourth-order valence-corrected chi connectivity index (χ4v) is 2.36. The van der Waals surface area contributed by atoms with E-state index in [2.05, 4.69) is 42.2 Å². The Bertz CT molecular complexity index is 536. The third-order valence-corrected chi connectivity index (χ3v) is 3.39. The summed E-state index contributed by atoms with van der Waals surface area (Å²) in [5.41, 5.74) is 9.42. The van der Waals surface area contributed by atoms with Gasteiger partial charge in [0, 0.05) is 25.2 Å². The molecule has 102 valence electrons. The molecular formula is C15H21N3O. The molecule has 1 heterocycles. The van der Waals surface area contributed by atoms with Crippen molar-refractivity contribution in [1.82, 2.24) is 10.1 Å². The van der Waals surface area contributed by atoms with E-state index in [-0.39, 0.29) is 6.04 Å². The molecule has 1 atom stereocenters. The van der Waals surface area contributed by atoms with Gasteiger partial charge in [-0.2, -0.15) is 0 Å². The van der Waals surface area contributed by atoms with Crippen molar-refractivity contribution in [3.8, 4) is 0 Å². The second-order valence-electron chi connectivity index (χ2n) is 4.95. The molecule has 4 nitrogen and oxygen atoms in total. The first-order valence-electron chi connectivity index (χ1n) is 6.50. The van der Waals surface area contributed by atoms with E-state index in [4.69, 9.17) is 10.3 Å². The van der Waals surface area contributed by atoms with Gasteiger partial charge in [0.25, 0.3) is 0 Å². The molecule has 2 rings (SSSR count). The molecule has 0 aliphatic rings. The topological polar surface area (TPSA) is 55.3 Å². The number of likely N-dealkylation sites (N-methyl/N-ethyl adjacent to an activating group) is 1. The van der Waals surface area contributed by atoms with Crippen LogP contribution in [0.1, 0.15) is 28.6 Å². The summed E-state index contributed by atoms with van der Waals surface area (Å²) in [4.78, 5) is 2.21. The Balaban J connectivity index is 2.15. The molecule has 1 aromatic carbocycles. The largest absolute Gasteiger partial charge is 0.361 e. The lowest BCUT2D eigenvalue weighted by atomic mass is 10.0. The van der Waals surface area contributed by atoms with Crippen LogP contribution in [0.2, 0.25) is 0 Å². The Kier molecular flexibility index (Phi) is 4.35. The first-order chi connectivity index (χ1) is 9.11. The van der Waals surface area contributed by atoms with E-state index in [1.54, 1.807) is 0 Å². The summed E-state index contributed by atoms with van der Waals surface area (Å²) >= 11 is 0. The van der Waals surface area contributed by atoms with Gasteiger partial charge in [-0.3, -0.25) is 4.90 Å². The molecule has 4 heteroatoms. The van der Waals surface area contributed by atoms with E-state index in [1.165, 1.54) is 11.1 Å². The second-order valence-corrected chi connectivity index (χ2v) is 4.95. The molecular weight excluding hydrogens is 238 g/mol. The average Bonchev–Trinajstić information content (AvgIpc) is 2.78. The van der Waals surface area contributed by atoms with Crippen LogP contribution in [0.4, 0.5) is 0 Å². The van der Waals surface area contributed by atoms with Crippen molar-refractivity contribution in [3.05, 3.63) is 52.9 Å². The first-order valence-corrected chi connectivity index (χ1v) is 6.50. The number of rotatable bonds is 5. The summed E-state index contributed by atoms with van der Waals surface area (Å²) in [5.74, 6) is 0.837. The Morgan fingerprint density at radius 3 is 2.63 bits per heavy atom. The molecule has 0 amide bonds. The second kappa shape index (κ2) is 5.99. The standard InChI is InChI=1S/C15H21N3O/c1-11-6-4-5-7-14(11)15(9-16)18(3)10-13-8-12(2)19-17-13/h4-8,15H,9-10,16H2,1-3H3. The van der Waals surface area contributed by atoms with Crippen LogP contribution in [0.15, 0.2) is 34.9 Å². The van der Waals surface area contributed by atoms with Crippen molar-refractivity contribution in [2.24, 2.45) is 5.73 Å². The highest BCUT2D eigenvalue weighted by Crippen LogP contribution is 2.23. The molecule has 0 spiro atoms. The van der Waals surface area contributed by atoms with Crippen LogP contribution in [0, 0.1) is 13.8 Å². The monoisotopic (exact) mass is 259 g/mol. The van der Waals surface area contributed by atoms with E-state index < -0.39 is 0 Å². The molecule has 0 saturated carbocycles. The highest BCUT2D eigenvalue weighted by molar-refractivity contribution is 5.29. The van der Waals surface area contributed by atoms with Crippen LogP contribution in [0.3, 0.4) is 0 Å². The smallest absolute Gasteiger partial charge is 0.133 e. The Hall–Kier alpha value is -1.65. The summed E-state index contributed by atoms with van der Waals surface area (Å²) < 4.78 is 5.10. The molecule has 0 radical (unpaired) electrons. The van der Waals surface area contributed by atoms with Gasteiger partial charge in [-0.15, -0.1) is 0 Å². The zero-order valence-corrected chi connectivity index (χ0v) is 11.8. The molecule has 0 bridgehead atoms. The maximum absolute atomic E-state index is 5.95. The normalized spacial score (nSPS) is 12.9. The van der Waals surface area contributed by atoms with Crippen LogP contribution < -0.4 is 5.73 Å². The quantitative estimate of drug-likeness (QED) is 0.896. The van der Waals surface area contributed by atoms with Crippen molar-refractivity contribution < 1.29 is 4.52 Å². The van der Waals surface area contributed by atoms with Crippen molar-refractivity contribution in [3.63, 3.8) is 0 Å². The van der Waals surface area contributed by atoms with Gasteiger partial charge in [-0.05, 0) is 32.0 Å². The molecule has 1 aromatic heterocycles. The number of hydrogen-bond donors (Lipinski definition) is 1. The minimum atomic E-state index is 0.193. The van der Waals surface area contributed by atoms with Crippen LogP contribution in [-0.2, 0) is 6.54 Å². The lowest BCUT2D eigenvalue weighted by Crippen LogP contribution is -2.30. The Morgan fingerprint density at radius 1 is 1.32 bits per heavy atom. The zero-order chi connectivity index (χ0) is 13.8. The van der Waals surface area contributed by atoms with Gasteiger partial charge in [-0.25, -0.2) is 0 Å². The lowest BCUT2D eigenvalue weighted by Gasteiger charge is -2.27.